The summed E-state index contributed by atoms with van der Waals surface area (Å²) >= 11 is 0. The van der Waals surface area contributed by atoms with E-state index in [1.165, 1.54) is 18.5 Å². The Balaban J connectivity index is 1.62. The minimum atomic E-state index is 0.0876. The molecule has 5 heteroatoms. The maximum atomic E-state index is 12.0. The standard InChI is InChI=1S/C19H32N4O/c1-5-17(24)23-10-8-19(14-23)7-6-9-22(13-19)12-15-11-16(21-20-15)18(2,3)4/h11H,5-10,12-14H2,1-4H3,(H,20,21)/t19-/m1/s1. The van der Waals surface area contributed by atoms with Gasteiger partial charge in [0, 0.05) is 49.1 Å². The molecular formula is C19H32N4O. The van der Waals surface area contributed by atoms with E-state index in [4.69, 9.17) is 0 Å². The first-order valence-electron chi connectivity index (χ1n) is 9.36. The summed E-state index contributed by atoms with van der Waals surface area (Å²) in [6.45, 7) is 13.6. The molecule has 1 aromatic heterocycles. The first-order chi connectivity index (χ1) is 11.3. The number of likely N-dealkylation sites (tertiary alicyclic amines) is 2. The number of carbonyl (C=O) groups excluding carboxylic acids is 1. The number of aromatic amines is 1. The fourth-order valence-corrected chi connectivity index (χ4v) is 4.22. The number of H-pyrrole nitrogens is 1. The summed E-state index contributed by atoms with van der Waals surface area (Å²) in [6, 6.07) is 2.21. The molecule has 1 amide bonds. The second-order valence-electron chi connectivity index (χ2n) is 8.76. The number of nitrogens with zero attached hydrogens (tertiary/aromatic N) is 3. The molecule has 1 aromatic rings. The SMILES string of the molecule is CCC(=O)N1CC[C@@]2(CCCN(Cc3cc(C(C)(C)C)n[nH]3)C2)C1. The van der Waals surface area contributed by atoms with Crippen molar-refractivity contribution in [2.45, 2.75) is 65.3 Å². The van der Waals surface area contributed by atoms with Gasteiger partial charge in [0.1, 0.15) is 0 Å². The lowest BCUT2D eigenvalue weighted by Gasteiger charge is -2.40. The monoisotopic (exact) mass is 332 g/mol. The van der Waals surface area contributed by atoms with Crippen LogP contribution in [0.4, 0.5) is 0 Å². The molecule has 2 aliphatic rings. The first kappa shape index (κ1) is 17.5. The molecule has 134 valence electrons. The Morgan fingerprint density at radius 1 is 1.29 bits per heavy atom. The summed E-state index contributed by atoms with van der Waals surface area (Å²) in [5, 5.41) is 7.70. The van der Waals surface area contributed by atoms with E-state index in [-0.39, 0.29) is 5.41 Å². The zero-order valence-corrected chi connectivity index (χ0v) is 15.7. The summed E-state index contributed by atoms with van der Waals surface area (Å²) in [4.78, 5) is 16.6. The van der Waals surface area contributed by atoms with E-state index < -0.39 is 0 Å². The van der Waals surface area contributed by atoms with Gasteiger partial charge in [-0.25, -0.2) is 0 Å². The predicted molar refractivity (Wildman–Crippen MR) is 95.7 cm³/mol. The fourth-order valence-electron chi connectivity index (χ4n) is 4.22. The van der Waals surface area contributed by atoms with Gasteiger partial charge in [-0.05, 0) is 31.9 Å². The molecule has 2 aliphatic heterocycles. The average molecular weight is 332 g/mol. The third-order valence-electron chi connectivity index (χ3n) is 5.63. The van der Waals surface area contributed by atoms with E-state index in [2.05, 4.69) is 46.8 Å². The molecule has 3 heterocycles. The number of amides is 1. The van der Waals surface area contributed by atoms with Crippen molar-refractivity contribution in [2.24, 2.45) is 5.41 Å². The summed E-state index contributed by atoms with van der Waals surface area (Å²) in [6.07, 6.45) is 4.27. The number of hydrogen-bond acceptors (Lipinski definition) is 3. The van der Waals surface area contributed by atoms with E-state index in [1.807, 2.05) is 6.92 Å². The molecule has 1 atom stereocenters. The fraction of sp³-hybridized carbons (Fsp3) is 0.789. The van der Waals surface area contributed by atoms with Crippen LogP contribution in [-0.4, -0.2) is 52.1 Å². The van der Waals surface area contributed by atoms with Gasteiger partial charge in [0.2, 0.25) is 5.91 Å². The van der Waals surface area contributed by atoms with Crippen LogP contribution in [0.5, 0.6) is 0 Å². The summed E-state index contributed by atoms with van der Waals surface area (Å²) < 4.78 is 0. The normalized spacial score (nSPS) is 25.6. The highest BCUT2D eigenvalue weighted by atomic mass is 16.2. The molecule has 1 spiro atoms. The van der Waals surface area contributed by atoms with E-state index >= 15 is 0 Å². The summed E-state index contributed by atoms with van der Waals surface area (Å²) in [5.74, 6) is 0.312. The van der Waals surface area contributed by atoms with Gasteiger partial charge < -0.3 is 4.90 Å². The molecule has 5 nitrogen and oxygen atoms in total. The molecule has 0 aliphatic carbocycles. The van der Waals surface area contributed by atoms with Crippen LogP contribution < -0.4 is 0 Å². The summed E-state index contributed by atoms with van der Waals surface area (Å²) in [5.41, 5.74) is 2.74. The van der Waals surface area contributed by atoms with Crippen molar-refractivity contribution in [3.05, 3.63) is 17.5 Å². The number of piperidine rings is 1. The second-order valence-corrected chi connectivity index (χ2v) is 8.76. The molecule has 0 bridgehead atoms. The lowest BCUT2D eigenvalue weighted by Crippen LogP contribution is -2.45. The van der Waals surface area contributed by atoms with Gasteiger partial charge in [-0.15, -0.1) is 0 Å². The van der Waals surface area contributed by atoms with Crippen molar-refractivity contribution in [3.8, 4) is 0 Å². The highest BCUT2D eigenvalue weighted by Crippen LogP contribution is 2.39. The van der Waals surface area contributed by atoms with Gasteiger partial charge in [-0.1, -0.05) is 27.7 Å². The lowest BCUT2D eigenvalue weighted by atomic mass is 9.79. The number of nitrogens with one attached hydrogen (secondary N) is 1. The van der Waals surface area contributed by atoms with Crippen LogP contribution in [0.3, 0.4) is 0 Å². The minimum Gasteiger partial charge on any atom is -0.342 e. The van der Waals surface area contributed by atoms with Gasteiger partial charge in [-0.2, -0.15) is 5.10 Å². The van der Waals surface area contributed by atoms with Crippen LogP contribution in [0.15, 0.2) is 6.07 Å². The van der Waals surface area contributed by atoms with Crippen molar-refractivity contribution in [2.75, 3.05) is 26.2 Å². The Hall–Kier alpha value is -1.36. The van der Waals surface area contributed by atoms with Gasteiger partial charge >= 0.3 is 0 Å². The van der Waals surface area contributed by atoms with Gasteiger partial charge in [0.25, 0.3) is 0 Å². The minimum absolute atomic E-state index is 0.0876. The number of hydrogen-bond donors (Lipinski definition) is 1. The Morgan fingerprint density at radius 2 is 2.08 bits per heavy atom. The van der Waals surface area contributed by atoms with Crippen molar-refractivity contribution >= 4 is 5.91 Å². The van der Waals surface area contributed by atoms with Crippen molar-refractivity contribution in [1.29, 1.82) is 0 Å². The second kappa shape index (κ2) is 6.51. The van der Waals surface area contributed by atoms with Gasteiger partial charge in [0.05, 0.1) is 5.69 Å². The molecule has 0 saturated carbocycles. The third kappa shape index (κ3) is 3.66. The topological polar surface area (TPSA) is 52.2 Å². The highest BCUT2D eigenvalue weighted by Gasteiger charge is 2.42. The number of rotatable bonds is 3. The van der Waals surface area contributed by atoms with Crippen LogP contribution >= 0.6 is 0 Å². The molecule has 3 rings (SSSR count). The molecule has 24 heavy (non-hydrogen) atoms. The maximum Gasteiger partial charge on any atom is 0.222 e. The molecular weight excluding hydrogens is 300 g/mol. The number of aromatic nitrogens is 2. The lowest BCUT2D eigenvalue weighted by molar-refractivity contribution is -0.130. The smallest absolute Gasteiger partial charge is 0.222 e. The average Bonchev–Trinajstić information content (AvgIpc) is 3.14. The van der Waals surface area contributed by atoms with Crippen molar-refractivity contribution in [1.82, 2.24) is 20.0 Å². The van der Waals surface area contributed by atoms with Crippen LogP contribution in [0.25, 0.3) is 0 Å². The third-order valence-corrected chi connectivity index (χ3v) is 5.63. The Morgan fingerprint density at radius 3 is 2.75 bits per heavy atom. The highest BCUT2D eigenvalue weighted by molar-refractivity contribution is 5.76. The first-order valence-corrected chi connectivity index (χ1v) is 9.36. The van der Waals surface area contributed by atoms with Gasteiger partial charge in [-0.3, -0.25) is 14.8 Å². The van der Waals surface area contributed by atoms with Crippen molar-refractivity contribution < 1.29 is 4.79 Å². The Labute approximate surface area is 145 Å². The molecule has 1 N–H and O–H groups in total. The number of carbonyl (C=O) groups is 1. The zero-order chi connectivity index (χ0) is 17.4. The quantitative estimate of drug-likeness (QED) is 0.926. The van der Waals surface area contributed by atoms with Crippen molar-refractivity contribution in [3.63, 3.8) is 0 Å². The van der Waals surface area contributed by atoms with Gasteiger partial charge in [0.15, 0.2) is 0 Å². The largest absolute Gasteiger partial charge is 0.342 e. The molecule has 0 unspecified atom stereocenters. The van der Waals surface area contributed by atoms with Crippen LogP contribution in [0.2, 0.25) is 0 Å². The predicted octanol–water partition coefficient (Wildman–Crippen LogP) is 2.93. The Bertz CT molecular complexity index is 588. The molecule has 0 radical (unpaired) electrons. The molecule has 0 aromatic carbocycles. The molecule has 2 saturated heterocycles. The Kier molecular flexibility index (Phi) is 4.73. The van der Waals surface area contributed by atoms with Crippen LogP contribution in [0.1, 0.15) is 64.8 Å². The van der Waals surface area contributed by atoms with E-state index in [0.29, 0.717) is 17.7 Å². The zero-order valence-electron chi connectivity index (χ0n) is 15.7. The van der Waals surface area contributed by atoms with E-state index in [1.54, 1.807) is 0 Å². The maximum absolute atomic E-state index is 12.0. The van der Waals surface area contributed by atoms with E-state index in [9.17, 15) is 4.79 Å². The summed E-state index contributed by atoms with van der Waals surface area (Å²) in [7, 11) is 0. The van der Waals surface area contributed by atoms with Crippen LogP contribution in [-0.2, 0) is 16.8 Å². The van der Waals surface area contributed by atoms with E-state index in [0.717, 1.165) is 44.8 Å². The molecule has 2 fully saturated rings. The van der Waals surface area contributed by atoms with Crippen LogP contribution in [0, 0.1) is 5.41 Å².